The average Bonchev–Trinajstić information content (AvgIpc) is 2.61. The molecule has 0 saturated carbocycles. The second-order valence-electron chi connectivity index (χ2n) is 5.60. The SMILES string of the molecule is Clc1ccc(C(Cc2cccnc2)=NOC2CCCCO2)c(Cl)c1. The van der Waals surface area contributed by atoms with Crippen LogP contribution in [-0.2, 0) is 16.0 Å². The molecule has 0 radical (unpaired) electrons. The Kier molecular flexibility index (Phi) is 6.07. The van der Waals surface area contributed by atoms with Crippen molar-refractivity contribution < 1.29 is 9.57 Å². The number of hydrogen-bond donors (Lipinski definition) is 0. The Morgan fingerprint density at radius 2 is 2.21 bits per heavy atom. The Morgan fingerprint density at radius 1 is 1.29 bits per heavy atom. The lowest BCUT2D eigenvalue weighted by Crippen LogP contribution is -2.21. The minimum atomic E-state index is -0.297. The molecule has 1 aliphatic heterocycles. The maximum Gasteiger partial charge on any atom is 0.226 e. The molecule has 1 fully saturated rings. The molecule has 1 saturated heterocycles. The highest BCUT2D eigenvalue weighted by atomic mass is 35.5. The summed E-state index contributed by atoms with van der Waals surface area (Å²) in [6.07, 6.45) is 6.79. The van der Waals surface area contributed by atoms with E-state index < -0.39 is 0 Å². The molecule has 1 aromatic carbocycles. The van der Waals surface area contributed by atoms with E-state index in [0.29, 0.717) is 23.1 Å². The first-order chi connectivity index (χ1) is 11.7. The number of benzene rings is 1. The van der Waals surface area contributed by atoms with Gasteiger partial charge in [-0.1, -0.05) is 40.5 Å². The summed E-state index contributed by atoms with van der Waals surface area (Å²) in [6.45, 7) is 0.708. The van der Waals surface area contributed by atoms with Gasteiger partial charge in [-0.25, -0.2) is 0 Å². The van der Waals surface area contributed by atoms with Crippen LogP contribution in [0.25, 0.3) is 0 Å². The number of pyridine rings is 1. The molecule has 2 aromatic rings. The molecule has 4 nitrogen and oxygen atoms in total. The molecule has 6 heteroatoms. The summed E-state index contributed by atoms with van der Waals surface area (Å²) in [6, 6.07) is 9.23. The Hall–Kier alpha value is -1.62. The Labute approximate surface area is 151 Å². The third-order valence-electron chi connectivity index (χ3n) is 3.75. The maximum absolute atomic E-state index is 6.34. The highest BCUT2D eigenvalue weighted by molar-refractivity contribution is 6.37. The Bertz CT molecular complexity index is 701. The van der Waals surface area contributed by atoms with Gasteiger partial charge in [0, 0.05) is 35.8 Å². The summed E-state index contributed by atoms with van der Waals surface area (Å²) in [4.78, 5) is 9.75. The highest BCUT2D eigenvalue weighted by Gasteiger charge is 2.17. The Balaban J connectivity index is 1.84. The normalized spacial score (nSPS) is 18.4. The average molecular weight is 365 g/mol. The zero-order valence-electron chi connectivity index (χ0n) is 13.1. The van der Waals surface area contributed by atoms with Crippen molar-refractivity contribution in [3.05, 3.63) is 63.9 Å². The standard InChI is InChI=1S/C18H18Cl2N2O2/c19-14-6-7-15(16(20)11-14)17(10-13-4-3-8-21-12-13)22-24-18-5-1-2-9-23-18/h3-4,6-8,11-12,18H,1-2,5,9-10H2. The lowest BCUT2D eigenvalue weighted by molar-refractivity contribution is -0.162. The molecule has 0 amide bonds. The van der Waals surface area contributed by atoms with Gasteiger partial charge in [-0.2, -0.15) is 0 Å². The topological polar surface area (TPSA) is 43.7 Å². The maximum atomic E-state index is 6.34. The van der Waals surface area contributed by atoms with Crippen molar-refractivity contribution in [2.75, 3.05) is 6.61 Å². The predicted octanol–water partition coefficient (Wildman–Crippen LogP) is 4.88. The van der Waals surface area contributed by atoms with Gasteiger partial charge < -0.3 is 9.57 Å². The molecule has 0 N–H and O–H groups in total. The van der Waals surface area contributed by atoms with Gasteiger partial charge in [-0.3, -0.25) is 4.98 Å². The molecular formula is C18H18Cl2N2O2. The monoisotopic (exact) mass is 364 g/mol. The fraction of sp³-hybridized carbons (Fsp3) is 0.333. The summed E-state index contributed by atoms with van der Waals surface area (Å²) >= 11 is 12.3. The van der Waals surface area contributed by atoms with E-state index in [1.54, 1.807) is 24.5 Å². The summed E-state index contributed by atoms with van der Waals surface area (Å²) < 4.78 is 5.57. The van der Waals surface area contributed by atoms with Crippen molar-refractivity contribution in [2.45, 2.75) is 32.0 Å². The minimum Gasteiger partial charge on any atom is -0.363 e. The fourth-order valence-electron chi connectivity index (χ4n) is 2.51. The van der Waals surface area contributed by atoms with Crippen LogP contribution in [0.5, 0.6) is 0 Å². The van der Waals surface area contributed by atoms with Crippen LogP contribution >= 0.6 is 23.2 Å². The fourth-order valence-corrected chi connectivity index (χ4v) is 3.03. The number of ether oxygens (including phenoxy) is 1. The Morgan fingerprint density at radius 3 is 2.92 bits per heavy atom. The highest BCUT2D eigenvalue weighted by Crippen LogP contribution is 2.24. The number of hydrogen-bond acceptors (Lipinski definition) is 4. The minimum absolute atomic E-state index is 0.297. The third kappa shape index (κ3) is 4.69. The first kappa shape index (κ1) is 17.2. The van der Waals surface area contributed by atoms with Gasteiger partial charge in [0.05, 0.1) is 17.3 Å². The number of oxime groups is 1. The van der Waals surface area contributed by atoms with Gasteiger partial charge in [0.2, 0.25) is 6.29 Å². The molecule has 1 aliphatic rings. The molecular weight excluding hydrogens is 347 g/mol. The molecule has 0 spiro atoms. The molecule has 126 valence electrons. The molecule has 3 rings (SSSR count). The van der Waals surface area contributed by atoms with Crippen LogP contribution in [0.15, 0.2) is 47.9 Å². The van der Waals surface area contributed by atoms with Crippen molar-refractivity contribution in [3.63, 3.8) is 0 Å². The summed E-state index contributed by atoms with van der Waals surface area (Å²) in [5.41, 5.74) is 2.54. The summed E-state index contributed by atoms with van der Waals surface area (Å²) in [7, 11) is 0. The largest absolute Gasteiger partial charge is 0.363 e. The zero-order chi connectivity index (χ0) is 16.8. The van der Waals surface area contributed by atoms with Crippen molar-refractivity contribution in [1.29, 1.82) is 0 Å². The summed E-state index contributed by atoms with van der Waals surface area (Å²) in [5.74, 6) is 0. The molecule has 0 bridgehead atoms. The second-order valence-corrected chi connectivity index (χ2v) is 6.45. The van der Waals surface area contributed by atoms with Gasteiger partial charge in [0.15, 0.2) is 0 Å². The summed E-state index contributed by atoms with van der Waals surface area (Å²) in [5, 5.41) is 5.46. The predicted molar refractivity (Wildman–Crippen MR) is 95.6 cm³/mol. The smallest absolute Gasteiger partial charge is 0.226 e. The number of halogens is 2. The van der Waals surface area contributed by atoms with E-state index in [1.165, 1.54) is 0 Å². The van der Waals surface area contributed by atoms with Gasteiger partial charge in [-0.05, 0) is 36.6 Å². The van der Waals surface area contributed by atoms with E-state index in [2.05, 4.69) is 10.1 Å². The van der Waals surface area contributed by atoms with Crippen LogP contribution in [0, 0.1) is 0 Å². The van der Waals surface area contributed by atoms with Crippen molar-refractivity contribution >= 4 is 28.9 Å². The van der Waals surface area contributed by atoms with E-state index in [4.69, 9.17) is 32.8 Å². The molecule has 0 aliphatic carbocycles. The molecule has 1 atom stereocenters. The van der Waals surface area contributed by atoms with Crippen LogP contribution in [0.3, 0.4) is 0 Å². The lowest BCUT2D eigenvalue weighted by Gasteiger charge is -2.21. The van der Waals surface area contributed by atoms with E-state index in [-0.39, 0.29) is 6.29 Å². The quantitative estimate of drug-likeness (QED) is 0.560. The first-order valence-electron chi connectivity index (χ1n) is 7.91. The van der Waals surface area contributed by atoms with E-state index in [9.17, 15) is 0 Å². The van der Waals surface area contributed by atoms with E-state index in [1.807, 2.05) is 18.2 Å². The van der Waals surface area contributed by atoms with Crippen LogP contribution < -0.4 is 0 Å². The van der Waals surface area contributed by atoms with Crippen LogP contribution in [-0.4, -0.2) is 23.6 Å². The number of nitrogens with zero attached hydrogens (tertiary/aromatic N) is 2. The first-order valence-corrected chi connectivity index (χ1v) is 8.66. The van der Waals surface area contributed by atoms with Crippen molar-refractivity contribution in [1.82, 2.24) is 4.98 Å². The van der Waals surface area contributed by atoms with E-state index in [0.717, 1.165) is 36.1 Å². The lowest BCUT2D eigenvalue weighted by atomic mass is 10.0. The second kappa shape index (κ2) is 8.47. The van der Waals surface area contributed by atoms with Gasteiger partial charge >= 0.3 is 0 Å². The molecule has 1 unspecified atom stereocenters. The third-order valence-corrected chi connectivity index (χ3v) is 4.30. The van der Waals surface area contributed by atoms with Crippen molar-refractivity contribution in [2.24, 2.45) is 5.16 Å². The number of rotatable bonds is 5. The van der Waals surface area contributed by atoms with E-state index >= 15 is 0 Å². The van der Waals surface area contributed by atoms with Gasteiger partial charge in [0.1, 0.15) is 0 Å². The van der Waals surface area contributed by atoms with Crippen LogP contribution in [0.2, 0.25) is 10.0 Å². The van der Waals surface area contributed by atoms with Gasteiger partial charge in [-0.15, -0.1) is 0 Å². The zero-order valence-corrected chi connectivity index (χ0v) is 14.6. The number of aromatic nitrogens is 1. The molecule has 2 heterocycles. The van der Waals surface area contributed by atoms with Crippen LogP contribution in [0.4, 0.5) is 0 Å². The van der Waals surface area contributed by atoms with Crippen LogP contribution in [0.1, 0.15) is 30.4 Å². The van der Waals surface area contributed by atoms with Crippen molar-refractivity contribution in [3.8, 4) is 0 Å². The molecule has 1 aromatic heterocycles. The molecule has 24 heavy (non-hydrogen) atoms. The van der Waals surface area contributed by atoms with Gasteiger partial charge in [0.25, 0.3) is 0 Å².